The van der Waals surface area contributed by atoms with E-state index in [9.17, 15) is 19.0 Å². The summed E-state index contributed by atoms with van der Waals surface area (Å²) in [4.78, 5) is 38.0. The van der Waals surface area contributed by atoms with Crippen LogP contribution in [0.15, 0.2) is 60.8 Å². The number of esters is 2. The normalized spacial score (nSPS) is 13.6. The zero-order valence-corrected chi connectivity index (χ0v) is 51.3. The van der Waals surface area contributed by atoms with E-state index in [4.69, 9.17) is 18.5 Å². The van der Waals surface area contributed by atoms with Gasteiger partial charge in [0.25, 0.3) is 7.82 Å². The molecule has 0 aliphatic heterocycles. The van der Waals surface area contributed by atoms with Crippen molar-refractivity contribution in [1.82, 2.24) is 0 Å². The van der Waals surface area contributed by atoms with Crippen LogP contribution in [0.3, 0.4) is 0 Å². The van der Waals surface area contributed by atoms with Crippen LogP contribution in [-0.2, 0) is 32.7 Å². The van der Waals surface area contributed by atoms with Crippen LogP contribution in [0.2, 0.25) is 0 Å². The molecule has 0 aromatic carbocycles. The van der Waals surface area contributed by atoms with Crippen molar-refractivity contribution < 1.29 is 42.1 Å². The van der Waals surface area contributed by atoms with Crippen molar-refractivity contribution in [1.29, 1.82) is 0 Å². The molecule has 2 unspecified atom stereocenters. The minimum absolute atomic E-state index is 0.0299. The maximum Gasteiger partial charge on any atom is 0.306 e. The molecule has 0 rings (SSSR count). The molecule has 10 heteroatoms. The van der Waals surface area contributed by atoms with Crippen LogP contribution in [0.1, 0.15) is 296 Å². The fraction of sp³-hybridized carbons (Fsp3) is 0.818. The molecule has 0 radical (unpaired) electrons. The number of rotatable bonds is 59. The summed E-state index contributed by atoms with van der Waals surface area (Å²) in [5.41, 5.74) is 0. The van der Waals surface area contributed by atoms with E-state index in [1.54, 1.807) is 0 Å². The van der Waals surface area contributed by atoms with Crippen LogP contribution in [-0.4, -0.2) is 70.0 Å². The number of hydrogen-bond donors (Lipinski definition) is 0. The van der Waals surface area contributed by atoms with Gasteiger partial charge in [-0.25, -0.2) is 0 Å². The Balaban J connectivity index is 4.06. The number of phosphoric acid groups is 1. The summed E-state index contributed by atoms with van der Waals surface area (Å²) in [7, 11) is 1.18. The second-order valence-electron chi connectivity index (χ2n) is 22.8. The van der Waals surface area contributed by atoms with Gasteiger partial charge in [0.15, 0.2) is 6.10 Å². The van der Waals surface area contributed by atoms with Gasteiger partial charge in [-0.3, -0.25) is 14.2 Å². The molecule has 76 heavy (non-hydrogen) atoms. The average Bonchev–Trinajstić information content (AvgIpc) is 3.38. The molecule has 444 valence electrons. The molecule has 2 atom stereocenters. The lowest BCUT2D eigenvalue weighted by atomic mass is 10.0. The molecule has 0 N–H and O–H groups in total. The van der Waals surface area contributed by atoms with Gasteiger partial charge in [0, 0.05) is 12.8 Å². The maximum atomic E-state index is 12.8. The highest BCUT2D eigenvalue weighted by atomic mass is 31.2. The molecule has 0 saturated heterocycles. The summed E-state index contributed by atoms with van der Waals surface area (Å²) < 4.78 is 34.3. The maximum absolute atomic E-state index is 12.8. The molecule has 0 heterocycles. The highest BCUT2D eigenvalue weighted by Crippen LogP contribution is 2.38. The zero-order valence-electron chi connectivity index (χ0n) is 50.5. The molecule has 0 aromatic heterocycles. The Hall–Kier alpha value is -2.29. The molecule has 0 aromatic rings. The van der Waals surface area contributed by atoms with Crippen molar-refractivity contribution in [2.75, 3.05) is 47.5 Å². The minimum atomic E-state index is -4.64. The number of allylic oxidation sites excluding steroid dienone is 10. The predicted molar refractivity (Wildman–Crippen MR) is 323 cm³/mol. The number of likely N-dealkylation sites (N-methyl/N-ethyl adjacent to an activating group) is 1. The monoisotopic (exact) mass is 1090 g/mol. The number of quaternary nitrogens is 1. The lowest BCUT2D eigenvalue weighted by Gasteiger charge is -2.28. The Labute approximate surface area is 470 Å². The zero-order chi connectivity index (χ0) is 55.6. The summed E-state index contributed by atoms with van der Waals surface area (Å²) >= 11 is 0. The number of unbranched alkanes of at least 4 members (excludes halogenated alkanes) is 35. The second kappa shape index (κ2) is 57.4. The van der Waals surface area contributed by atoms with Gasteiger partial charge in [0.05, 0.1) is 27.7 Å². The minimum Gasteiger partial charge on any atom is -0.756 e. The third-order valence-electron chi connectivity index (χ3n) is 14.1. The average molecular weight is 1090 g/mol. The second-order valence-corrected chi connectivity index (χ2v) is 24.2. The Morgan fingerprint density at radius 2 is 0.750 bits per heavy atom. The fourth-order valence-electron chi connectivity index (χ4n) is 9.16. The van der Waals surface area contributed by atoms with Gasteiger partial charge in [-0.15, -0.1) is 0 Å². The van der Waals surface area contributed by atoms with E-state index in [1.807, 2.05) is 21.1 Å². The van der Waals surface area contributed by atoms with Crippen molar-refractivity contribution in [3.05, 3.63) is 60.8 Å². The van der Waals surface area contributed by atoms with E-state index in [-0.39, 0.29) is 32.0 Å². The van der Waals surface area contributed by atoms with Gasteiger partial charge >= 0.3 is 11.9 Å². The van der Waals surface area contributed by atoms with Crippen molar-refractivity contribution in [3.63, 3.8) is 0 Å². The number of carbonyl (C=O) groups is 2. The molecule has 0 amide bonds. The van der Waals surface area contributed by atoms with Gasteiger partial charge in [-0.1, -0.05) is 286 Å². The van der Waals surface area contributed by atoms with E-state index >= 15 is 0 Å². The van der Waals surface area contributed by atoms with E-state index in [0.29, 0.717) is 17.4 Å². The molecule has 0 bridgehead atoms. The molecule has 0 fully saturated rings. The Morgan fingerprint density at radius 1 is 0.421 bits per heavy atom. The molecular weight excluding hydrogens is 966 g/mol. The first-order valence-electron chi connectivity index (χ1n) is 32.0. The Kier molecular flexibility index (Phi) is 55.7. The summed E-state index contributed by atoms with van der Waals surface area (Å²) in [5.74, 6) is -0.819. The van der Waals surface area contributed by atoms with Crippen LogP contribution < -0.4 is 4.89 Å². The highest BCUT2D eigenvalue weighted by Gasteiger charge is 2.22. The molecular formula is C66H122NO8P. The van der Waals surface area contributed by atoms with Crippen LogP contribution in [0, 0.1) is 0 Å². The first kappa shape index (κ1) is 73.7. The van der Waals surface area contributed by atoms with Crippen LogP contribution in [0.25, 0.3) is 0 Å². The van der Waals surface area contributed by atoms with Gasteiger partial charge in [0.1, 0.15) is 19.8 Å². The van der Waals surface area contributed by atoms with E-state index < -0.39 is 26.5 Å². The molecule has 0 aliphatic carbocycles. The largest absolute Gasteiger partial charge is 0.756 e. The molecule has 0 spiro atoms. The summed E-state index contributed by atoms with van der Waals surface area (Å²) in [5, 5.41) is 0. The van der Waals surface area contributed by atoms with Gasteiger partial charge < -0.3 is 27.9 Å². The molecule has 0 saturated carbocycles. The molecule has 9 nitrogen and oxygen atoms in total. The first-order chi connectivity index (χ1) is 37.0. The predicted octanol–water partition coefficient (Wildman–Crippen LogP) is 19.6. The van der Waals surface area contributed by atoms with Crippen LogP contribution in [0.4, 0.5) is 0 Å². The molecule has 0 aliphatic rings. The van der Waals surface area contributed by atoms with E-state index in [0.717, 1.165) is 70.6 Å². The fourth-order valence-corrected chi connectivity index (χ4v) is 9.89. The van der Waals surface area contributed by atoms with Gasteiger partial charge in [0.2, 0.25) is 0 Å². The quantitative estimate of drug-likeness (QED) is 0.0195. The number of phosphoric ester groups is 1. The van der Waals surface area contributed by atoms with Crippen LogP contribution in [0.5, 0.6) is 0 Å². The van der Waals surface area contributed by atoms with Gasteiger partial charge in [-0.05, 0) is 57.8 Å². The smallest absolute Gasteiger partial charge is 0.306 e. The van der Waals surface area contributed by atoms with Crippen LogP contribution >= 0.6 is 7.82 Å². The van der Waals surface area contributed by atoms with E-state index in [1.165, 1.54) is 193 Å². The summed E-state index contributed by atoms with van der Waals surface area (Å²) in [6, 6.07) is 0. The van der Waals surface area contributed by atoms with Crippen molar-refractivity contribution >= 4 is 19.8 Å². The van der Waals surface area contributed by atoms with Crippen molar-refractivity contribution in [3.8, 4) is 0 Å². The summed E-state index contributed by atoms with van der Waals surface area (Å²) in [6.07, 6.45) is 74.2. The lowest BCUT2D eigenvalue weighted by Crippen LogP contribution is -2.37. The SMILES string of the molecule is CC/C=C\C/C=C\C/C=C\C/C=C\C/C=C\CCCCCCCCCCCCCCCCCC(=O)OC(COC(=O)CCCCCCCCCCCCCCCCCCCCCCC)COP(=O)([O-])OCC[N+](C)(C)C. The Bertz CT molecular complexity index is 1470. The number of hydrogen-bond acceptors (Lipinski definition) is 8. The van der Waals surface area contributed by atoms with Crippen molar-refractivity contribution in [2.45, 2.75) is 302 Å². The van der Waals surface area contributed by atoms with Gasteiger partial charge in [-0.2, -0.15) is 0 Å². The van der Waals surface area contributed by atoms with E-state index in [2.05, 4.69) is 74.6 Å². The number of nitrogens with zero attached hydrogens (tertiary/aromatic N) is 1. The highest BCUT2D eigenvalue weighted by molar-refractivity contribution is 7.45. The number of ether oxygens (including phenoxy) is 2. The lowest BCUT2D eigenvalue weighted by molar-refractivity contribution is -0.870. The Morgan fingerprint density at radius 3 is 1.12 bits per heavy atom. The first-order valence-corrected chi connectivity index (χ1v) is 33.5. The third-order valence-corrected chi connectivity index (χ3v) is 15.0. The summed E-state index contributed by atoms with van der Waals surface area (Å²) in [6.45, 7) is 4.17. The third kappa shape index (κ3) is 60.9. The van der Waals surface area contributed by atoms with Crippen molar-refractivity contribution in [2.24, 2.45) is 0 Å². The number of carbonyl (C=O) groups excluding carboxylic acids is 2. The topological polar surface area (TPSA) is 111 Å². The standard InChI is InChI=1S/C66H122NO8P/c1-6-8-10-12-14-16-18-20-22-24-26-28-29-30-31-32-33-34-35-36-37-39-41-43-45-47-49-51-53-55-57-59-66(69)75-64(63-74-76(70,71)73-61-60-67(3,4)5)62-72-65(68)58-56-54-52-50-48-46-44-42-40-38-27-25-23-21-19-17-15-13-11-9-7-2/h8,10,14,16,20,22,26,28,30-31,64H,6-7,9,11-13,15,17-19,21,23-25,27,29,32-63H2,1-5H3/b10-8-,16-14-,22-20-,28-26-,31-30-.